The third-order valence-electron chi connectivity index (χ3n) is 16.9. The van der Waals surface area contributed by atoms with Gasteiger partial charge in [0.15, 0.2) is 0 Å². The van der Waals surface area contributed by atoms with Crippen molar-refractivity contribution in [2.24, 2.45) is 5.73 Å². The zero-order valence-corrected chi connectivity index (χ0v) is 47.5. The van der Waals surface area contributed by atoms with E-state index in [4.69, 9.17) is 22.1 Å². The van der Waals surface area contributed by atoms with Crippen molar-refractivity contribution in [3.8, 4) is 5.75 Å². The minimum Gasteiger partial charge on any atom is -0.492 e. The van der Waals surface area contributed by atoms with Gasteiger partial charge in [-0.1, -0.05) is 35.9 Å². The maximum atomic E-state index is 15.0. The number of thiophene rings is 1. The predicted molar refractivity (Wildman–Crippen MR) is 297 cm³/mol. The molecule has 1 spiro atoms. The van der Waals surface area contributed by atoms with Crippen LogP contribution in [0.3, 0.4) is 0 Å². The van der Waals surface area contributed by atoms with E-state index in [0.717, 1.165) is 60.5 Å². The fraction of sp³-hybridized carbons (Fsp3) is 0.482. The summed E-state index contributed by atoms with van der Waals surface area (Å²) in [5, 5.41) is 11.1. The van der Waals surface area contributed by atoms with Crippen molar-refractivity contribution in [3.05, 3.63) is 98.4 Å². The summed E-state index contributed by atoms with van der Waals surface area (Å²) in [6.07, 6.45) is 3.68. The summed E-state index contributed by atoms with van der Waals surface area (Å²) in [5.74, 6) is -4.18. The number of halogens is 3. The number of hydrogen-bond donors (Lipinski definition) is 7. The number of amides is 9. The number of nitrogens with two attached hydrogens (primary N) is 1. The van der Waals surface area contributed by atoms with Crippen LogP contribution in [-0.4, -0.2) is 152 Å². The predicted octanol–water partition coefficient (Wildman–Crippen LogP) is 3.90. The quantitative estimate of drug-likeness (QED) is 0.0423. The summed E-state index contributed by atoms with van der Waals surface area (Å²) in [4.78, 5) is 146. The van der Waals surface area contributed by atoms with E-state index in [-0.39, 0.29) is 105 Å². The zero-order valence-electron chi connectivity index (χ0n) is 45.0. The molecule has 0 saturated carbocycles. The Kier molecular flexibility index (Phi) is 17.1. The number of ether oxygens (including phenoxy) is 1. The number of nitrogens with zero attached hydrogens (tertiary/aromatic N) is 4. The molecule has 442 valence electrons. The van der Waals surface area contributed by atoms with Gasteiger partial charge in [0.1, 0.15) is 29.9 Å². The first kappa shape index (κ1) is 59.3. The van der Waals surface area contributed by atoms with Gasteiger partial charge in [0.05, 0.1) is 18.0 Å². The molecular weight excluding hydrogens is 1140 g/mol. The SMILES string of the molecule is NC(=O)CC[C@H](NC(=O)[C@@H]1CC[C@@H]2CCN(C(=O)CCCCN3CCC4(CC3)COc3c4ccc4c3CN([C@H]3CCC(=O)NC3=O)C4=O)C[C@H](NC(=O)c3cc4cc(C(F)(F)P(=O)(O)O)ccc4s3)C(=O)N21)C(=O)NCc1cccc(Cl)c1. The standard InChI is InChI=1S/C56H63ClF2N9O13PS/c57-34-5-3-4-31(24-34)27-61-49(72)39(11-15-45(60)69)62-51(74)42-12-8-35-17-21-66(29-40(54(77)68(35)42)63-52(75)44-26-32-25-33(7-14-43(32)83-44)56(58,59)82(78,79)80)47(71)6-1-2-20-65-22-18-55(19-23-65)30-81-48-37-28-67(41-13-16-46(70)64-50(41)73)53(76)36(37)9-10-38(48)55/h3-5,7,9-10,14,24-26,35,39-42H,1-2,6,8,11-13,15-23,27-30H2,(H2,60,69)(H,61,72)(H,62,74)(H,63,75)(H,64,70,73)(H2,78,79,80)/t35-,39+,40+,41+,42+/m1/s1. The first-order valence-corrected chi connectivity index (χ1v) is 30.5. The molecule has 4 saturated heterocycles. The number of hydrogen-bond acceptors (Lipinski definition) is 13. The third-order valence-corrected chi connectivity index (χ3v) is 19.3. The molecule has 6 aliphatic rings. The maximum Gasteiger partial charge on any atom is 0.399 e. The third kappa shape index (κ3) is 12.4. The number of carbonyl (C=O) groups excluding carboxylic acids is 9. The monoisotopic (exact) mass is 1210 g/mol. The zero-order chi connectivity index (χ0) is 59.1. The first-order chi connectivity index (χ1) is 39.5. The minimum atomic E-state index is -5.91. The number of alkyl halides is 2. The Morgan fingerprint density at radius 1 is 0.952 bits per heavy atom. The molecule has 3 aromatic carbocycles. The summed E-state index contributed by atoms with van der Waals surface area (Å²) < 4.78 is 47.8. The molecule has 0 aliphatic carbocycles. The van der Waals surface area contributed by atoms with Gasteiger partial charge in [-0.2, -0.15) is 8.78 Å². The number of nitrogens with one attached hydrogen (secondary N) is 4. The normalized spacial score (nSPS) is 22.1. The molecule has 7 heterocycles. The van der Waals surface area contributed by atoms with E-state index in [1.165, 1.54) is 26.8 Å². The van der Waals surface area contributed by atoms with E-state index in [0.29, 0.717) is 59.0 Å². The van der Waals surface area contributed by atoms with Crippen LogP contribution in [0, 0.1) is 0 Å². The molecule has 4 fully saturated rings. The van der Waals surface area contributed by atoms with Crippen molar-refractivity contribution in [3.63, 3.8) is 0 Å². The summed E-state index contributed by atoms with van der Waals surface area (Å²) in [5.41, 5.74) is 2.68. The largest absolute Gasteiger partial charge is 0.492 e. The first-order valence-electron chi connectivity index (χ1n) is 27.7. The summed E-state index contributed by atoms with van der Waals surface area (Å²) in [7, 11) is -5.91. The van der Waals surface area contributed by atoms with E-state index in [9.17, 15) is 66.3 Å². The van der Waals surface area contributed by atoms with Gasteiger partial charge >= 0.3 is 13.3 Å². The van der Waals surface area contributed by atoms with Gasteiger partial charge < -0.3 is 55.8 Å². The highest BCUT2D eigenvalue weighted by molar-refractivity contribution is 7.52. The highest BCUT2D eigenvalue weighted by Crippen LogP contribution is 2.59. The molecule has 5 atom stereocenters. The Bertz CT molecular complexity index is 3350. The smallest absolute Gasteiger partial charge is 0.399 e. The molecule has 83 heavy (non-hydrogen) atoms. The van der Waals surface area contributed by atoms with Crippen LogP contribution in [0.2, 0.25) is 5.02 Å². The average Bonchev–Trinajstić information content (AvgIpc) is 2.36. The van der Waals surface area contributed by atoms with Gasteiger partial charge in [-0.3, -0.25) is 53.0 Å². The fourth-order valence-corrected chi connectivity index (χ4v) is 14.0. The maximum absolute atomic E-state index is 15.0. The van der Waals surface area contributed by atoms with Crippen LogP contribution < -0.4 is 31.7 Å². The number of primary amides is 1. The van der Waals surface area contributed by atoms with Crippen LogP contribution in [0.5, 0.6) is 5.75 Å². The average molecular weight is 1210 g/mol. The highest BCUT2D eigenvalue weighted by atomic mass is 35.5. The second-order valence-electron chi connectivity index (χ2n) is 22.2. The van der Waals surface area contributed by atoms with Crippen molar-refractivity contribution in [1.82, 2.24) is 40.9 Å². The fourth-order valence-electron chi connectivity index (χ4n) is 12.4. The van der Waals surface area contributed by atoms with Crippen molar-refractivity contribution in [2.75, 3.05) is 39.3 Å². The topological polar surface area (TPSA) is 307 Å². The second kappa shape index (κ2) is 24.0. The van der Waals surface area contributed by atoms with Gasteiger partial charge in [0.2, 0.25) is 41.4 Å². The molecule has 22 nitrogen and oxygen atoms in total. The molecule has 4 aromatic rings. The number of unbranched alkanes of at least 4 members (excludes halogenated alkanes) is 1. The number of benzene rings is 3. The van der Waals surface area contributed by atoms with Crippen molar-refractivity contribution < 1.29 is 71.0 Å². The highest BCUT2D eigenvalue weighted by Gasteiger charge is 2.51. The lowest BCUT2D eigenvalue weighted by atomic mass is 9.74. The molecule has 9 amide bonds. The van der Waals surface area contributed by atoms with E-state index < -0.39 is 84.5 Å². The van der Waals surface area contributed by atoms with Gasteiger partial charge in [-0.05, 0) is 125 Å². The van der Waals surface area contributed by atoms with Crippen molar-refractivity contribution >= 4 is 93.8 Å². The van der Waals surface area contributed by atoms with Crippen LogP contribution in [0.15, 0.2) is 60.7 Å². The second-order valence-corrected chi connectivity index (χ2v) is 25.4. The lowest BCUT2D eigenvalue weighted by molar-refractivity contribution is -0.145. The van der Waals surface area contributed by atoms with Gasteiger partial charge in [0, 0.05) is 82.3 Å². The number of carbonyl (C=O) groups is 9. The van der Waals surface area contributed by atoms with Gasteiger partial charge in [-0.25, -0.2) is 0 Å². The van der Waals surface area contributed by atoms with Crippen molar-refractivity contribution in [1.29, 1.82) is 0 Å². The van der Waals surface area contributed by atoms with E-state index in [1.807, 2.05) is 12.1 Å². The van der Waals surface area contributed by atoms with Gasteiger partial charge in [0.25, 0.3) is 11.8 Å². The lowest BCUT2D eigenvalue weighted by Crippen LogP contribution is -2.62. The Morgan fingerprint density at radius 3 is 2.47 bits per heavy atom. The molecule has 10 rings (SSSR count). The van der Waals surface area contributed by atoms with E-state index in [1.54, 1.807) is 24.3 Å². The van der Waals surface area contributed by atoms with Crippen LogP contribution in [0.1, 0.15) is 119 Å². The number of likely N-dealkylation sites (tertiary alicyclic amines) is 1. The Morgan fingerprint density at radius 2 is 1.73 bits per heavy atom. The summed E-state index contributed by atoms with van der Waals surface area (Å²) >= 11 is 7.00. The molecule has 6 aliphatic heterocycles. The summed E-state index contributed by atoms with van der Waals surface area (Å²) in [6, 6.07) is 9.63. The Balaban J connectivity index is 0.792. The van der Waals surface area contributed by atoms with E-state index in [2.05, 4.69) is 26.2 Å². The van der Waals surface area contributed by atoms with Crippen LogP contribution in [0.25, 0.3) is 10.1 Å². The van der Waals surface area contributed by atoms with E-state index >= 15 is 0 Å². The Hall–Kier alpha value is -6.89. The number of imide groups is 1. The molecule has 27 heteroatoms. The molecule has 0 unspecified atom stereocenters. The number of rotatable bonds is 18. The van der Waals surface area contributed by atoms with Crippen molar-refractivity contribution in [2.45, 2.75) is 131 Å². The molecule has 1 aromatic heterocycles. The van der Waals surface area contributed by atoms with Crippen LogP contribution in [-0.2, 0) is 62.3 Å². The Labute approximate surface area is 484 Å². The van der Waals surface area contributed by atoms with Crippen LogP contribution >= 0.6 is 30.5 Å². The molecule has 0 bridgehead atoms. The van der Waals surface area contributed by atoms with Gasteiger partial charge in [-0.15, -0.1) is 11.3 Å². The lowest BCUT2D eigenvalue weighted by Gasteiger charge is -2.39. The number of fused-ring (bicyclic) bond motifs is 6. The molecule has 8 N–H and O–H groups in total. The molecular formula is C56H63ClF2N9O13PS. The van der Waals surface area contributed by atoms with Crippen LogP contribution in [0.4, 0.5) is 8.78 Å². The minimum absolute atomic E-state index is 0.0376. The number of piperidine rings is 2. The summed E-state index contributed by atoms with van der Waals surface area (Å²) in [6.45, 7) is 2.81. The molecule has 0 radical (unpaired) electrons.